The third-order valence-electron chi connectivity index (χ3n) is 11.7. The lowest BCUT2D eigenvalue weighted by Crippen LogP contribution is -2.28. The highest BCUT2D eigenvalue weighted by molar-refractivity contribution is 6.12. The first-order chi connectivity index (χ1) is 27.2. The van der Waals surface area contributed by atoms with Crippen LogP contribution in [0.3, 0.4) is 0 Å². The highest BCUT2D eigenvalue weighted by atomic mass is 16.1. The monoisotopic (exact) mass is 704 g/mol. The Morgan fingerprint density at radius 2 is 0.764 bits per heavy atom. The topological polar surface area (TPSA) is 44.0 Å². The van der Waals surface area contributed by atoms with Gasteiger partial charge in [-0.3, -0.25) is 9.59 Å². The van der Waals surface area contributed by atoms with Gasteiger partial charge in [0, 0.05) is 44.0 Å². The molecule has 0 unspecified atom stereocenters. The Labute approximate surface area is 317 Å². The number of carbonyl (C=O) groups is 2. The average molecular weight is 705 g/mol. The van der Waals surface area contributed by atoms with Gasteiger partial charge in [-0.2, -0.15) is 0 Å². The predicted molar refractivity (Wildman–Crippen MR) is 223 cm³/mol. The van der Waals surface area contributed by atoms with Crippen LogP contribution in [0.25, 0.3) is 66.1 Å². The molecule has 0 radical (unpaired) electrons. The van der Waals surface area contributed by atoms with Crippen molar-refractivity contribution in [1.29, 1.82) is 0 Å². The maximum Gasteiger partial charge on any atom is 0.150 e. The van der Waals surface area contributed by atoms with Gasteiger partial charge in [-0.25, -0.2) is 0 Å². The van der Waals surface area contributed by atoms with Crippen LogP contribution in [0.1, 0.15) is 43.0 Å². The fourth-order valence-corrected chi connectivity index (χ4v) is 9.43. The van der Waals surface area contributed by atoms with E-state index in [1.165, 1.54) is 33.4 Å². The molecule has 4 nitrogen and oxygen atoms in total. The number of fused-ring (bicyclic) bond motifs is 9. The molecule has 0 amide bonds. The number of rotatable bonds is 6. The summed E-state index contributed by atoms with van der Waals surface area (Å²) in [5.74, 6) is 0. The highest BCUT2D eigenvalue weighted by Crippen LogP contribution is 2.57. The molecule has 0 saturated heterocycles. The van der Waals surface area contributed by atoms with Crippen molar-refractivity contribution in [1.82, 2.24) is 9.13 Å². The minimum Gasteiger partial charge on any atom is -0.309 e. The summed E-state index contributed by atoms with van der Waals surface area (Å²) >= 11 is 0. The van der Waals surface area contributed by atoms with Gasteiger partial charge in [0.1, 0.15) is 12.6 Å². The standard InChI is InChI=1S/C51H32N2O2/c54-31-33-19-25-49-43(27-33)41-15-7-9-17-47(41)52(49)37-21-23-39-40-24-22-38(53-48-18-10-8-16-42(48)44-28-34(32-55)20-26-50(44)53)30-46(40)51(45(39)29-37,35-11-3-1-4-12-35)36-13-5-2-6-14-36/h1-32H. The molecule has 4 heteroatoms. The first-order valence-electron chi connectivity index (χ1n) is 18.6. The van der Waals surface area contributed by atoms with E-state index in [1.807, 2.05) is 24.3 Å². The molecule has 0 N–H and O–H groups in total. The van der Waals surface area contributed by atoms with Gasteiger partial charge in [-0.15, -0.1) is 0 Å². The molecule has 11 rings (SSSR count). The van der Waals surface area contributed by atoms with E-state index in [0.717, 1.165) is 67.6 Å². The van der Waals surface area contributed by atoms with E-state index in [0.29, 0.717) is 11.1 Å². The molecule has 1 aliphatic rings. The van der Waals surface area contributed by atoms with Crippen molar-refractivity contribution in [2.24, 2.45) is 0 Å². The molecule has 55 heavy (non-hydrogen) atoms. The van der Waals surface area contributed by atoms with Crippen LogP contribution in [0, 0.1) is 0 Å². The van der Waals surface area contributed by atoms with Crippen LogP contribution in [0.4, 0.5) is 0 Å². The molecule has 258 valence electrons. The second-order valence-corrected chi connectivity index (χ2v) is 14.4. The van der Waals surface area contributed by atoms with E-state index in [-0.39, 0.29) is 0 Å². The van der Waals surface area contributed by atoms with Crippen LogP contribution in [0.5, 0.6) is 0 Å². The van der Waals surface area contributed by atoms with Crippen LogP contribution in [-0.4, -0.2) is 21.7 Å². The van der Waals surface area contributed by atoms with Crippen LogP contribution in [-0.2, 0) is 5.41 Å². The van der Waals surface area contributed by atoms with Crippen molar-refractivity contribution in [3.63, 3.8) is 0 Å². The number of carbonyl (C=O) groups excluding carboxylic acids is 2. The normalized spacial score (nSPS) is 13.0. The Morgan fingerprint density at radius 3 is 1.20 bits per heavy atom. The number of aldehydes is 2. The summed E-state index contributed by atoms with van der Waals surface area (Å²) in [5, 5.41) is 4.33. The lowest BCUT2D eigenvalue weighted by atomic mass is 9.67. The smallest absolute Gasteiger partial charge is 0.150 e. The number of aromatic nitrogens is 2. The Morgan fingerprint density at radius 1 is 0.364 bits per heavy atom. The van der Waals surface area contributed by atoms with Crippen molar-refractivity contribution in [2.75, 3.05) is 0 Å². The molecule has 1 aliphatic carbocycles. The van der Waals surface area contributed by atoms with E-state index in [4.69, 9.17) is 0 Å². The van der Waals surface area contributed by atoms with Crippen molar-refractivity contribution in [2.45, 2.75) is 5.41 Å². The van der Waals surface area contributed by atoms with Gasteiger partial charge in [0.05, 0.1) is 27.5 Å². The van der Waals surface area contributed by atoms with Gasteiger partial charge in [-0.05, 0) is 106 Å². The first kappa shape index (κ1) is 31.2. The average Bonchev–Trinajstić information content (AvgIpc) is 3.87. The molecule has 0 aliphatic heterocycles. The van der Waals surface area contributed by atoms with Crippen molar-refractivity contribution >= 4 is 56.2 Å². The van der Waals surface area contributed by atoms with Gasteiger partial charge in [0.2, 0.25) is 0 Å². The molecule has 2 heterocycles. The fraction of sp³-hybridized carbons (Fsp3) is 0.0196. The molecular weight excluding hydrogens is 673 g/mol. The Kier molecular flexibility index (Phi) is 6.74. The largest absolute Gasteiger partial charge is 0.309 e. The lowest BCUT2D eigenvalue weighted by Gasteiger charge is -2.34. The van der Waals surface area contributed by atoms with Crippen LogP contribution >= 0.6 is 0 Å². The van der Waals surface area contributed by atoms with Gasteiger partial charge in [0.15, 0.2) is 0 Å². The van der Waals surface area contributed by atoms with Gasteiger partial charge >= 0.3 is 0 Å². The molecule has 0 atom stereocenters. The lowest BCUT2D eigenvalue weighted by molar-refractivity contribution is 0.111. The fourth-order valence-electron chi connectivity index (χ4n) is 9.43. The zero-order chi connectivity index (χ0) is 36.7. The first-order valence-corrected chi connectivity index (χ1v) is 18.6. The van der Waals surface area contributed by atoms with E-state index in [1.54, 1.807) is 0 Å². The Balaban J connectivity index is 1.23. The SMILES string of the molecule is O=Cc1ccc2c(c1)c1ccccc1n2-c1ccc2c(c1)C(c1ccccc1)(c1ccccc1)c1cc(-n3c4ccccc4c4cc(C=O)ccc43)ccc1-2. The summed E-state index contributed by atoms with van der Waals surface area (Å²) in [6, 6.07) is 64.4. The summed E-state index contributed by atoms with van der Waals surface area (Å²) in [6.45, 7) is 0. The van der Waals surface area contributed by atoms with Crippen LogP contribution in [0.15, 0.2) is 182 Å². The van der Waals surface area contributed by atoms with Crippen molar-refractivity contribution in [3.8, 4) is 22.5 Å². The molecule has 0 bridgehead atoms. The number of hydrogen-bond donors (Lipinski definition) is 0. The van der Waals surface area contributed by atoms with E-state index >= 15 is 0 Å². The summed E-state index contributed by atoms with van der Waals surface area (Å²) in [5.41, 5.74) is 14.3. The number of benzene rings is 8. The molecule has 0 fully saturated rings. The molecule has 0 saturated carbocycles. The highest BCUT2D eigenvalue weighted by Gasteiger charge is 2.46. The van der Waals surface area contributed by atoms with Crippen LogP contribution < -0.4 is 0 Å². The zero-order valence-corrected chi connectivity index (χ0v) is 29.7. The maximum atomic E-state index is 11.9. The quantitative estimate of drug-likeness (QED) is 0.162. The van der Waals surface area contributed by atoms with Gasteiger partial charge in [0.25, 0.3) is 0 Å². The molecule has 8 aromatic carbocycles. The second-order valence-electron chi connectivity index (χ2n) is 14.4. The number of nitrogens with zero attached hydrogens (tertiary/aromatic N) is 2. The van der Waals surface area contributed by atoms with E-state index in [9.17, 15) is 9.59 Å². The summed E-state index contributed by atoms with van der Waals surface area (Å²) in [6.07, 6.45) is 1.84. The number of para-hydroxylation sites is 2. The Bertz CT molecular complexity index is 2970. The Hall–Kier alpha value is -7.30. The molecule has 10 aromatic rings. The summed E-state index contributed by atoms with van der Waals surface area (Å²) < 4.78 is 4.67. The maximum absolute atomic E-state index is 11.9. The third-order valence-corrected chi connectivity index (χ3v) is 11.7. The van der Waals surface area contributed by atoms with E-state index in [2.05, 4.69) is 167 Å². The summed E-state index contributed by atoms with van der Waals surface area (Å²) in [7, 11) is 0. The molecule has 0 spiro atoms. The predicted octanol–water partition coefficient (Wildman–Crippen LogP) is 11.9. The molecule has 2 aromatic heterocycles. The van der Waals surface area contributed by atoms with Crippen LogP contribution in [0.2, 0.25) is 0 Å². The number of hydrogen-bond acceptors (Lipinski definition) is 2. The van der Waals surface area contributed by atoms with E-state index < -0.39 is 5.41 Å². The van der Waals surface area contributed by atoms with Crippen molar-refractivity contribution < 1.29 is 9.59 Å². The second kappa shape index (κ2) is 11.9. The van der Waals surface area contributed by atoms with Gasteiger partial charge in [-0.1, -0.05) is 109 Å². The summed E-state index contributed by atoms with van der Waals surface area (Å²) in [4.78, 5) is 23.7. The van der Waals surface area contributed by atoms with Crippen molar-refractivity contribution in [3.05, 3.63) is 215 Å². The van der Waals surface area contributed by atoms with Gasteiger partial charge < -0.3 is 9.13 Å². The minimum absolute atomic E-state index is 0.647. The third kappa shape index (κ3) is 4.34. The minimum atomic E-state index is -0.647. The zero-order valence-electron chi connectivity index (χ0n) is 29.7. The molecular formula is C51H32N2O2.